The molecule has 0 fully saturated rings. The maximum atomic E-state index is 12.8. The van der Waals surface area contributed by atoms with Gasteiger partial charge in [-0.05, 0) is 57.2 Å². The number of non-ortho nitro benzene ring substituents is 1. The maximum absolute atomic E-state index is 12.8. The highest BCUT2D eigenvalue weighted by Gasteiger charge is 2.19. The summed E-state index contributed by atoms with van der Waals surface area (Å²) in [6.45, 7) is 5.56. The highest BCUT2D eigenvalue weighted by atomic mass is 32.2. The Morgan fingerprint density at radius 3 is 1.67 bits per heavy atom. The van der Waals surface area contributed by atoms with E-state index in [1.165, 1.54) is 12.1 Å². The highest BCUT2D eigenvalue weighted by Crippen LogP contribution is 2.28. The first-order valence-electron chi connectivity index (χ1n) is 9.17. The number of hydrogen-bond donors (Lipinski definition) is 0. The van der Waals surface area contributed by atoms with E-state index in [9.17, 15) is 18.5 Å². The number of amidine groups is 1. The summed E-state index contributed by atoms with van der Waals surface area (Å²) in [6.07, 6.45) is 0. The lowest BCUT2D eigenvalue weighted by molar-refractivity contribution is -0.384. The van der Waals surface area contributed by atoms with Crippen molar-refractivity contribution < 1.29 is 13.3 Å². The molecule has 7 nitrogen and oxygen atoms in total. The molecule has 8 heteroatoms. The largest absolute Gasteiger partial charge is 0.298 e. The van der Waals surface area contributed by atoms with Crippen LogP contribution in [0.25, 0.3) is 0 Å². The number of sulfonamides is 1. The molecule has 0 amide bonds. The average molecular weight is 423 g/mol. The summed E-state index contributed by atoms with van der Waals surface area (Å²) in [4.78, 5) is 11.9. The van der Waals surface area contributed by atoms with Crippen molar-refractivity contribution >= 4 is 32.9 Å². The molecule has 0 aliphatic carbocycles. The molecule has 0 aliphatic rings. The number of nitro groups is 1. The molecular weight excluding hydrogens is 402 g/mol. The number of nitrogens with zero attached hydrogens (tertiary/aromatic N) is 3. The van der Waals surface area contributed by atoms with Gasteiger partial charge in [0, 0.05) is 23.5 Å². The summed E-state index contributed by atoms with van der Waals surface area (Å²) in [5.41, 5.74) is 3.51. The maximum Gasteiger partial charge on any atom is 0.283 e. The first kappa shape index (κ1) is 21.2. The smallest absolute Gasteiger partial charge is 0.283 e. The van der Waals surface area contributed by atoms with Crippen molar-refractivity contribution in [2.24, 2.45) is 4.40 Å². The second-order valence-corrected chi connectivity index (χ2v) is 8.48. The minimum atomic E-state index is -4.06. The zero-order chi connectivity index (χ0) is 21.9. The molecular formula is C22H21N3O4S. The zero-order valence-corrected chi connectivity index (χ0v) is 17.6. The molecule has 30 heavy (non-hydrogen) atoms. The van der Waals surface area contributed by atoms with Crippen LogP contribution in [0.15, 0.2) is 82.1 Å². The third-order valence-corrected chi connectivity index (χ3v) is 5.88. The normalized spacial score (nSPS) is 11.9. The van der Waals surface area contributed by atoms with Crippen LogP contribution >= 0.6 is 0 Å². The third kappa shape index (κ3) is 4.72. The Morgan fingerprint density at radius 2 is 1.27 bits per heavy atom. The molecule has 3 aromatic rings. The molecule has 0 saturated carbocycles. The summed E-state index contributed by atoms with van der Waals surface area (Å²) < 4.78 is 29.6. The lowest BCUT2D eigenvalue weighted by Gasteiger charge is -2.24. The fourth-order valence-corrected chi connectivity index (χ4v) is 3.93. The SMILES string of the molecule is C/C(=N\S(=O)(=O)c1ccc([N+](=O)[O-])cc1)N(c1ccc(C)cc1)c1ccc(C)cc1. The Hall–Kier alpha value is -3.52. The van der Waals surface area contributed by atoms with Gasteiger partial charge in [0.1, 0.15) is 5.84 Å². The fraction of sp³-hybridized carbons (Fsp3) is 0.136. The van der Waals surface area contributed by atoms with E-state index in [1.54, 1.807) is 11.8 Å². The monoisotopic (exact) mass is 423 g/mol. The standard InChI is InChI=1S/C22H21N3O4S/c1-16-4-8-19(9-5-16)24(20-10-6-17(2)7-11-20)18(3)23-30(28,29)22-14-12-21(13-15-22)25(26)27/h4-15H,1-3H3/b23-18+. The molecule has 0 spiro atoms. The molecule has 0 unspecified atom stereocenters. The Labute approximate surface area is 175 Å². The van der Waals surface area contributed by atoms with Crippen molar-refractivity contribution in [3.05, 3.63) is 94.0 Å². The van der Waals surface area contributed by atoms with E-state index in [-0.39, 0.29) is 16.4 Å². The number of hydrogen-bond acceptors (Lipinski definition) is 4. The Balaban J connectivity index is 2.05. The van der Waals surface area contributed by atoms with Gasteiger partial charge in [-0.1, -0.05) is 35.4 Å². The van der Waals surface area contributed by atoms with Crippen molar-refractivity contribution in [3.63, 3.8) is 0 Å². The average Bonchev–Trinajstić information content (AvgIpc) is 2.71. The molecule has 154 valence electrons. The van der Waals surface area contributed by atoms with Crippen molar-refractivity contribution in [2.45, 2.75) is 25.7 Å². The Bertz CT molecular complexity index is 1140. The molecule has 0 heterocycles. The highest BCUT2D eigenvalue weighted by molar-refractivity contribution is 7.90. The molecule has 0 N–H and O–H groups in total. The molecule has 0 bridgehead atoms. The Kier molecular flexibility index (Phi) is 5.98. The Morgan fingerprint density at radius 1 is 0.833 bits per heavy atom. The second-order valence-electron chi connectivity index (χ2n) is 6.87. The second kappa shape index (κ2) is 8.46. The lowest BCUT2D eigenvalue weighted by atomic mass is 10.1. The molecule has 0 atom stereocenters. The first-order chi connectivity index (χ1) is 14.2. The summed E-state index contributed by atoms with van der Waals surface area (Å²) in [5.74, 6) is 0.251. The van der Waals surface area contributed by atoms with Crippen molar-refractivity contribution in [1.29, 1.82) is 0 Å². The predicted molar refractivity (Wildman–Crippen MR) is 118 cm³/mol. The molecule has 0 aliphatic heterocycles. The van der Waals surface area contributed by atoms with E-state index in [0.717, 1.165) is 34.6 Å². The summed E-state index contributed by atoms with van der Waals surface area (Å²) in [6, 6.07) is 20.0. The van der Waals surface area contributed by atoms with Crippen LogP contribution < -0.4 is 4.90 Å². The van der Waals surface area contributed by atoms with Gasteiger partial charge in [-0.15, -0.1) is 4.40 Å². The van der Waals surface area contributed by atoms with Crippen molar-refractivity contribution in [2.75, 3.05) is 4.90 Å². The van der Waals surface area contributed by atoms with Crippen LogP contribution in [0, 0.1) is 24.0 Å². The molecule has 0 aromatic heterocycles. The van der Waals surface area contributed by atoms with Gasteiger partial charge in [0.25, 0.3) is 15.7 Å². The summed E-state index contributed by atoms with van der Waals surface area (Å²) in [5, 5.41) is 10.8. The van der Waals surface area contributed by atoms with Gasteiger partial charge >= 0.3 is 0 Å². The van der Waals surface area contributed by atoms with Gasteiger partial charge in [0.05, 0.1) is 9.82 Å². The quantitative estimate of drug-likeness (QED) is 0.245. The lowest BCUT2D eigenvalue weighted by Crippen LogP contribution is -2.24. The third-order valence-electron chi connectivity index (χ3n) is 4.51. The summed E-state index contributed by atoms with van der Waals surface area (Å²) >= 11 is 0. The number of anilines is 2. The number of rotatable bonds is 5. The van der Waals surface area contributed by atoms with E-state index < -0.39 is 14.9 Å². The van der Waals surface area contributed by atoms with Crippen molar-refractivity contribution in [3.8, 4) is 0 Å². The van der Waals surface area contributed by atoms with Crippen LogP contribution in [0.3, 0.4) is 0 Å². The van der Waals surface area contributed by atoms with Gasteiger partial charge < -0.3 is 0 Å². The molecule has 3 aromatic carbocycles. The topological polar surface area (TPSA) is 92.9 Å². The van der Waals surface area contributed by atoms with Crippen LogP contribution in [0.2, 0.25) is 0 Å². The van der Waals surface area contributed by atoms with Gasteiger partial charge in [-0.2, -0.15) is 8.42 Å². The van der Waals surface area contributed by atoms with E-state index in [4.69, 9.17) is 0 Å². The fourth-order valence-electron chi connectivity index (χ4n) is 2.92. The molecule has 0 saturated heterocycles. The molecule has 0 radical (unpaired) electrons. The van der Waals surface area contributed by atoms with Crippen LogP contribution in [0.5, 0.6) is 0 Å². The minimum absolute atomic E-state index is 0.111. The van der Waals surface area contributed by atoms with Crippen LogP contribution in [0.1, 0.15) is 18.1 Å². The van der Waals surface area contributed by atoms with E-state index in [1.807, 2.05) is 62.4 Å². The van der Waals surface area contributed by atoms with Gasteiger partial charge in [-0.25, -0.2) is 0 Å². The van der Waals surface area contributed by atoms with Crippen molar-refractivity contribution in [1.82, 2.24) is 0 Å². The van der Waals surface area contributed by atoms with Gasteiger partial charge in [-0.3, -0.25) is 15.0 Å². The van der Waals surface area contributed by atoms with E-state index in [2.05, 4.69) is 4.40 Å². The van der Waals surface area contributed by atoms with Crippen LogP contribution in [-0.4, -0.2) is 19.2 Å². The summed E-state index contributed by atoms with van der Waals surface area (Å²) in [7, 11) is -4.06. The number of benzene rings is 3. The van der Waals surface area contributed by atoms with E-state index >= 15 is 0 Å². The van der Waals surface area contributed by atoms with Crippen LogP contribution in [0.4, 0.5) is 17.1 Å². The predicted octanol–water partition coefficient (Wildman–Crippen LogP) is 5.16. The van der Waals surface area contributed by atoms with Gasteiger partial charge in [0.15, 0.2) is 0 Å². The van der Waals surface area contributed by atoms with Gasteiger partial charge in [0.2, 0.25) is 0 Å². The number of nitro benzene ring substituents is 1. The first-order valence-corrected chi connectivity index (χ1v) is 10.6. The minimum Gasteiger partial charge on any atom is -0.298 e. The molecule has 3 rings (SSSR count). The zero-order valence-electron chi connectivity index (χ0n) is 16.8. The number of aryl methyl sites for hydroxylation is 2. The van der Waals surface area contributed by atoms with Crippen LogP contribution in [-0.2, 0) is 10.0 Å². The van der Waals surface area contributed by atoms with E-state index in [0.29, 0.717) is 0 Å².